The van der Waals surface area contributed by atoms with Gasteiger partial charge < -0.3 is 15.8 Å². The fraction of sp³-hybridized carbons (Fsp3) is 0.250. The Hall–Kier alpha value is -1.28. The van der Waals surface area contributed by atoms with E-state index in [1.54, 1.807) is 0 Å². The molecule has 0 amide bonds. The predicted molar refractivity (Wildman–Crippen MR) is 80.6 cm³/mol. The Labute approximate surface area is 129 Å². The minimum atomic E-state index is -0.911. The number of aromatic amines is 1. The Morgan fingerprint density at radius 1 is 1.35 bits per heavy atom. The van der Waals surface area contributed by atoms with Gasteiger partial charge in [-0.05, 0) is 24.3 Å². The first-order valence-corrected chi connectivity index (χ1v) is 7.07. The molecule has 20 heavy (non-hydrogen) atoms. The zero-order valence-corrected chi connectivity index (χ0v) is 12.7. The molecule has 2 aromatic rings. The van der Waals surface area contributed by atoms with Crippen LogP contribution in [0.3, 0.4) is 0 Å². The van der Waals surface area contributed by atoms with E-state index in [1.165, 1.54) is 6.20 Å². The molecule has 1 heterocycles. The van der Waals surface area contributed by atoms with E-state index in [1.807, 2.05) is 24.3 Å². The van der Waals surface area contributed by atoms with Gasteiger partial charge in [0.15, 0.2) is 0 Å². The summed E-state index contributed by atoms with van der Waals surface area (Å²) in [6.07, 6.45) is 0.553. The van der Waals surface area contributed by atoms with Gasteiger partial charge in [0.05, 0.1) is 23.0 Å². The number of aliphatic hydroxyl groups excluding tert-OH is 1. The zero-order chi connectivity index (χ0) is 14.5. The van der Waals surface area contributed by atoms with E-state index in [0.717, 1.165) is 4.47 Å². The van der Waals surface area contributed by atoms with Crippen LogP contribution >= 0.6 is 27.5 Å². The van der Waals surface area contributed by atoms with Gasteiger partial charge >= 0.3 is 0 Å². The fourth-order valence-electron chi connectivity index (χ4n) is 1.46. The number of nitrogens with two attached hydrogens (primary N) is 1. The maximum absolute atomic E-state index is 9.86. The number of H-pyrrole nitrogens is 1. The van der Waals surface area contributed by atoms with Crippen molar-refractivity contribution in [3.8, 4) is 0 Å². The largest absolute Gasteiger partial charge is 0.385 e. The molecule has 1 aromatic heterocycles. The molecule has 8 heteroatoms. The molecule has 0 spiro atoms. The van der Waals surface area contributed by atoms with Crippen molar-refractivity contribution in [2.75, 3.05) is 6.54 Å². The number of nitrogens with one attached hydrogen (secondary N) is 1. The van der Waals surface area contributed by atoms with E-state index < -0.39 is 11.5 Å². The summed E-state index contributed by atoms with van der Waals surface area (Å²) >= 11 is 9.21. The quantitative estimate of drug-likeness (QED) is 0.565. The van der Waals surface area contributed by atoms with Crippen LogP contribution in [0.15, 0.2) is 45.2 Å². The molecule has 0 unspecified atom stereocenters. The average molecular weight is 359 g/mol. The molecule has 2 rings (SSSR count). The molecule has 0 aliphatic heterocycles. The van der Waals surface area contributed by atoms with Gasteiger partial charge in [-0.1, -0.05) is 15.9 Å². The lowest BCUT2D eigenvalue weighted by Gasteiger charge is -2.12. The second-order valence-corrected chi connectivity index (χ2v) is 5.51. The zero-order valence-electron chi connectivity index (χ0n) is 10.4. The summed E-state index contributed by atoms with van der Waals surface area (Å²) in [5.74, 6) is 0.294. The molecule has 0 aliphatic rings. The number of rotatable bonds is 5. The summed E-state index contributed by atoms with van der Waals surface area (Å²) in [6, 6.07) is 7.36. The number of hydrogen-bond acceptors (Lipinski definition) is 5. The highest BCUT2D eigenvalue weighted by atomic mass is 79.9. The number of aromatic nitrogens is 2. The predicted octanol–water partition coefficient (Wildman–Crippen LogP) is 3.19. The fourth-order valence-corrected chi connectivity index (χ4v) is 1.86. The number of halogens is 2. The number of aliphatic hydroxyl groups is 1. The molecule has 1 aromatic carbocycles. The lowest BCUT2D eigenvalue weighted by Crippen LogP contribution is -2.22. The number of azo groups is 1. The molecule has 0 saturated heterocycles. The summed E-state index contributed by atoms with van der Waals surface area (Å²) in [5.41, 5.74) is 6.55. The molecular formula is C12H13BrClN5O. The molecule has 4 N–H and O–H groups in total. The SMILES string of the molecule is NC[C@@H](Cl)[C@@H](O)c1cnc(N=Nc2ccc(Br)cc2)[nH]1. The summed E-state index contributed by atoms with van der Waals surface area (Å²) < 4.78 is 0.967. The number of hydrogen-bond donors (Lipinski definition) is 3. The molecule has 0 bridgehead atoms. The van der Waals surface area contributed by atoms with Gasteiger partial charge in [0.1, 0.15) is 6.10 Å². The van der Waals surface area contributed by atoms with Crippen molar-refractivity contribution in [2.45, 2.75) is 11.5 Å². The van der Waals surface area contributed by atoms with Gasteiger partial charge in [-0.3, -0.25) is 0 Å². The van der Waals surface area contributed by atoms with Crippen LogP contribution < -0.4 is 5.73 Å². The van der Waals surface area contributed by atoms with Crippen molar-refractivity contribution >= 4 is 39.2 Å². The van der Waals surface area contributed by atoms with Crippen LogP contribution in [0.1, 0.15) is 11.8 Å². The monoisotopic (exact) mass is 357 g/mol. The first-order chi connectivity index (χ1) is 9.60. The minimum Gasteiger partial charge on any atom is -0.385 e. The number of benzene rings is 1. The van der Waals surface area contributed by atoms with Crippen molar-refractivity contribution < 1.29 is 5.11 Å². The Balaban J connectivity index is 2.07. The van der Waals surface area contributed by atoms with Crippen molar-refractivity contribution in [3.63, 3.8) is 0 Å². The number of nitrogens with zero attached hydrogens (tertiary/aromatic N) is 3. The van der Waals surface area contributed by atoms with Gasteiger partial charge in [-0.15, -0.1) is 21.8 Å². The lowest BCUT2D eigenvalue weighted by atomic mass is 10.2. The van der Waals surface area contributed by atoms with Gasteiger partial charge in [0, 0.05) is 11.0 Å². The van der Waals surface area contributed by atoms with Crippen LogP contribution in [0.4, 0.5) is 11.6 Å². The van der Waals surface area contributed by atoms with Crippen molar-refractivity contribution in [1.29, 1.82) is 0 Å². The molecule has 106 valence electrons. The molecular weight excluding hydrogens is 346 g/mol. The molecule has 6 nitrogen and oxygen atoms in total. The number of imidazole rings is 1. The van der Waals surface area contributed by atoms with E-state index in [9.17, 15) is 5.11 Å². The maximum Gasteiger partial charge on any atom is 0.247 e. The first-order valence-electron chi connectivity index (χ1n) is 5.84. The van der Waals surface area contributed by atoms with E-state index in [-0.39, 0.29) is 6.54 Å². The van der Waals surface area contributed by atoms with Crippen LogP contribution in [0.5, 0.6) is 0 Å². The van der Waals surface area contributed by atoms with Crippen molar-refractivity contribution in [1.82, 2.24) is 9.97 Å². The minimum absolute atomic E-state index is 0.164. The Kier molecular flexibility index (Phi) is 5.24. The van der Waals surface area contributed by atoms with Gasteiger partial charge in [-0.2, -0.15) is 0 Å². The van der Waals surface area contributed by atoms with E-state index >= 15 is 0 Å². The molecule has 0 radical (unpaired) electrons. The van der Waals surface area contributed by atoms with Gasteiger partial charge in [-0.25, -0.2) is 4.98 Å². The van der Waals surface area contributed by atoms with E-state index in [4.69, 9.17) is 17.3 Å². The highest BCUT2D eigenvalue weighted by Gasteiger charge is 2.19. The highest BCUT2D eigenvalue weighted by Crippen LogP contribution is 2.22. The Morgan fingerprint density at radius 3 is 2.70 bits per heavy atom. The third-order valence-electron chi connectivity index (χ3n) is 2.56. The standard InChI is InChI=1S/C12H13BrClN5O/c13-7-1-3-8(4-2-7)18-19-12-16-6-10(17-12)11(20)9(14)5-15/h1-4,6,9,11,20H,5,15H2,(H,16,17)/t9-,11-/m1/s1. The Morgan fingerprint density at radius 2 is 2.05 bits per heavy atom. The van der Waals surface area contributed by atoms with Crippen molar-refractivity contribution in [3.05, 3.63) is 40.6 Å². The summed E-state index contributed by atoms with van der Waals surface area (Å²) in [5, 5.41) is 17.3. The summed E-state index contributed by atoms with van der Waals surface area (Å²) in [6.45, 7) is 0.164. The van der Waals surface area contributed by atoms with Crippen LogP contribution in [-0.2, 0) is 0 Å². The normalized spacial score (nSPS) is 14.6. The topological polar surface area (TPSA) is 99.7 Å². The van der Waals surface area contributed by atoms with Crippen LogP contribution in [0, 0.1) is 0 Å². The summed E-state index contributed by atoms with van der Waals surface area (Å²) in [4.78, 5) is 6.84. The Bertz CT molecular complexity index is 586. The van der Waals surface area contributed by atoms with Crippen LogP contribution in [0.25, 0.3) is 0 Å². The van der Waals surface area contributed by atoms with E-state index in [2.05, 4.69) is 36.1 Å². The molecule has 0 saturated carbocycles. The third-order valence-corrected chi connectivity index (χ3v) is 3.50. The first kappa shape index (κ1) is 15.1. The molecule has 0 aliphatic carbocycles. The van der Waals surface area contributed by atoms with Gasteiger partial charge in [0.2, 0.25) is 5.95 Å². The smallest absolute Gasteiger partial charge is 0.247 e. The van der Waals surface area contributed by atoms with Crippen LogP contribution in [0.2, 0.25) is 0 Å². The van der Waals surface area contributed by atoms with Crippen LogP contribution in [-0.4, -0.2) is 27.0 Å². The van der Waals surface area contributed by atoms with Crippen molar-refractivity contribution in [2.24, 2.45) is 16.0 Å². The highest BCUT2D eigenvalue weighted by molar-refractivity contribution is 9.10. The molecule has 0 fully saturated rings. The summed E-state index contributed by atoms with van der Waals surface area (Å²) in [7, 11) is 0. The second kappa shape index (κ2) is 6.94. The van der Waals surface area contributed by atoms with Gasteiger partial charge in [0.25, 0.3) is 0 Å². The number of alkyl halides is 1. The van der Waals surface area contributed by atoms with E-state index in [0.29, 0.717) is 17.3 Å². The average Bonchev–Trinajstić information content (AvgIpc) is 2.94. The third kappa shape index (κ3) is 3.86. The lowest BCUT2D eigenvalue weighted by molar-refractivity contribution is 0.170. The molecule has 2 atom stereocenters. The maximum atomic E-state index is 9.86. The second-order valence-electron chi connectivity index (χ2n) is 4.04.